The van der Waals surface area contributed by atoms with Gasteiger partial charge in [-0.15, -0.1) is 11.8 Å². The van der Waals surface area contributed by atoms with Crippen molar-refractivity contribution in [2.24, 2.45) is 5.10 Å². The standard InChI is InChI=1S/C14H13N3O2S/c1-20-14-8-2-11(3-9-14)10-15-16-12-4-6-13(7-5-12)17(18)19/h2-10,16H,1H3/b15-10+. The summed E-state index contributed by atoms with van der Waals surface area (Å²) in [6, 6.07) is 14.1. The van der Waals surface area contributed by atoms with E-state index >= 15 is 0 Å². The van der Waals surface area contributed by atoms with Crippen LogP contribution in [0.2, 0.25) is 0 Å². The van der Waals surface area contributed by atoms with Gasteiger partial charge in [0, 0.05) is 17.0 Å². The molecule has 0 saturated heterocycles. The lowest BCUT2D eigenvalue weighted by Gasteiger charge is -2.00. The highest BCUT2D eigenvalue weighted by Crippen LogP contribution is 2.16. The van der Waals surface area contributed by atoms with Crippen LogP contribution in [0.15, 0.2) is 58.5 Å². The third-order valence-corrected chi connectivity index (χ3v) is 3.34. The van der Waals surface area contributed by atoms with Crippen molar-refractivity contribution in [1.82, 2.24) is 0 Å². The number of nitrogens with one attached hydrogen (secondary N) is 1. The van der Waals surface area contributed by atoms with E-state index in [4.69, 9.17) is 0 Å². The van der Waals surface area contributed by atoms with Gasteiger partial charge < -0.3 is 0 Å². The normalized spacial score (nSPS) is 10.7. The van der Waals surface area contributed by atoms with Crippen LogP contribution in [0, 0.1) is 10.1 Å². The molecule has 0 spiro atoms. The lowest BCUT2D eigenvalue weighted by Crippen LogP contribution is -1.92. The molecule has 0 aliphatic heterocycles. The Balaban J connectivity index is 1.96. The average molecular weight is 287 g/mol. The van der Waals surface area contributed by atoms with Gasteiger partial charge in [0.05, 0.1) is 16.8 Å². The molecule has 0 aromatic heterocycles. The van der Waals surface area contributed by atoms with Gasteiger partial charge in [-0.2, -0.15) is 5.10 Å². The fourth-order valence-corrected chi connectivity index (χ4v) is 1.94. The van der Waals surface area contributed by atoms with Crippen molar-refractivity contribution in [2.75, 3.05) is 11.7 Å². The minimum Gasteiger partial charge on any atom is -0.278 e. The zero-order valence-corrected chi connectivity index (χ0v) is 11.6. The summed E-state index contributed by atoms with van der Waals surface area (Å²) >= 11 is 1.69. The van der Waals surface area contributed by atoms with E-state index in [1.54, 1.807) is 30.1 Å². The smallest absolute Gasteiger partial charge is 0.269 e. The van der Waals surface area contributed by atoms with Crippen molar-refractivity contribution in [3.63, 3.8) is 0 Å². The first kappa shape index (κ1) is 14.1. The first-order valence-electron chi connectivity index (χ1n) is 5.86. The molecule has 20 heavy (non-hydrogen) atoms. The lowest BCUT2D eigenvalue weighted by molar-refractivity contribution is -0.384. The molecule has 0 amide bonds. The maximum absolute atomic E-state index is 10.5. The third-order valence-electron chi connectivity index (χ3n) is 2.60. The van der Waals surface area contributed by atoms with Crippen LogP contribution in [-0.2, 0) is 0 Å². The van der Waals surface area contributed by atoms with E-state index in [1.807, 2.05) is 30.5 Å². The molecular weight excluding hydrogens is 274 g/mol. The Bertz CT molecular complexity index is 609. The summed E-state index contributed by atoms with van der Waals surface area (Å²) in [5.74, 6) is 0. The number of anilines is 1. The van der Waals surface area contributed by atoms with Crippen molar-refractivity contribution in [1.29, 1.82) is 0 Å². The van der Waals surface area contributed by atoms with Crippen molar-refractivity contribution >= 4 is 29.4 Å². The minimum absolute atomic E-state index is 0.0622. The van der Waals surface area contributed by atoms with Gasteiger partial charge in [-0.25, -0.2) is 0 Å². The van der Waals surface area contributed by atoms with Gasteiger partial charge in [0.1, 0.15) is 0 Å². The van der Waals surface area contributed by atoms with Gasteiger partial charge >= 0.3 is 0 Å². The molecular formula is C14H13N3O2S. The van der Waals surface area contributed by atoms with Gasteiger partial charge in [-0.05, 0) is 36.1 Å². The van der Waals surface area contributed by atoms with Crippen molar-refractivity contribution in [3.05, 3.63) is 64.2 Å². The van der Waals surface area contributed by atoms with E-state index in [0.29, 0.717) is 5.69 Å². The molecule has 0 unspecified atom stereocenters. The Morgan fingerprint density at radius 2 is 1.80 bits per heavy atom. The highest BCUT2D eigenvalue weighted by molar-refractivity contribution is 7.98. The van der Waals surface area contributed by atoms with Crippen LogP contribution in [0.25, 0.3) is 0 Å². The summed E-state index contributed by atoms with van der Waals surface area (Å²) < 4.78 is 0. The summed E-state index contributed by atoms with van der Waals surface area (Å²) in [4.78, 5) is 11.3. The molecule has 0 aliphatic carbocycles. The van der Waals surface area contributed by atoms with Crippen LogP contribution in [0.3, 0.4) is 0 Å². The van der Waals surface area contributed by atoms with E-state index in [2.05, 4.69) is 10.5 Å². The molecule has 2 rings (SSSR count). The topological polar surface area (TPSA) is 67.5 Å². The maximum Gasteiger partial charge on any atom is 0.269 e. The first-order chi connectivity index (χ1) is 9.69. The van der Waals surface area contributed by atoms with E-state index in [0.717, 1.165) is 5.56 Å². The molecule has 0 heterocycles. The molecule has 0 saturated carbocycles. The Hall–Kier alpha value is -2.34. The van der Waals surface area contributed by atoms with Gasteiger partial charge in [0.15, 0.2) is 0 Å². The largest absolute Gasteiger partial charge is 0.278 e. The summed E-state index contributed by atoms with van der Waals surface area (Å²) in [5.41, 5.74) is 4.58. The summed E-state index contributed by atoms with van der Waals surface area (Å²) in [6.07, 6.45) is 3.73. The minimum atomic E-state index is -0.430. The number of nitrogens with zero attached hydrogens (tertiary/aromatic N) is 2. The fourth-order valence-electron chi connectivity index (χ4n) is 1.53. The van der Waals surface area contributed by atoms with Gasteiger partial charge in [-0.1, -0.05) is 12.1 Å². The number of thioether (sulfide) groups is 1. The monoisotopic (exact) mass is 287 g/mol. The Kier molecular flexibility index (Phi) is 4.73. The quantitative estimate of drug-likeness (QED) is 0.393. The Morgan fingerprint density at radius 3 is 2.35 bits per heavy atom. The maximum atomic E-state index is 10.5. The molecule has 2 aromatic carbocycles. The third kappa shape index (κ3) is 3.83. The summed E-state index contributed by atoms with van der Waals surface area (Å²) in [6.45, 7) is 0. The predicted octanol–water partition coefficient (Wildman–Crippen LogP) is 3.76. The van der Waals surface area contributed by atoms with E-state index in [1.165, 1.54) is 17.0 Å². The average Bonchev–Trinajstić information content (AvgIpc) is 2.48. The number of nitro groups is 1. The molecule has 6 heteroatoms. The molecule has 0 atom stereocenters. The van der Waals surface area contributed by atoms with Crippen LogP contribution < -0.4 is 5.43 Å². The zero-order valence-electron chi connectivity index (χ0n) is 10.8. The predicted molar refractivity (Wildman–Crippen MR) is 82.5 cm³/mol. The van der Waals surface area contributed by atoms with Crippen molar-refractivity contribution in [2.45, 2.75) is 4.90 Å². The number of nitro benzene ring substituents is 1. The van der Waals surface area contributed by atoms with Gasteiger partial charge in [0.25, 0.3) is 5.69 Å². The molecule has 0 radical (unpaired) electrons. The number of hydrogen-bond acceptors (Lipinski definition) is 5. The molecule has 0 bridgehead atoms. The van der Waals surface area contributed by atoms with Gasteiger partial charge in [0.2, 0.25) is 0 Å². The molecule has 1 N–H and O–H groups in total. The summed E-state index contributed by atoms with van der Waals surface area (Å²) in [5, 5.41) is 14.6. The van der Waals surface area contributed by atoms with Crippen LogP contribution in [0.5, 0.6) is 0 Å². The molecule has 2 aromatic rings. The molecule has 102 valence electrons. The van der Waals surface area contributed by atoms with E-state index in [-0.39, 0.29) is 5.69 Å². The van der Waals surface area contributed by atoms with Crippen LogP contribution in [0.4, 0.5) is 11.4 Å². The summed E-state index contributed by atoms with van der Waals surface area (Å²) in [7, 11) is 0. The number of hydrogen-bond donors (Lipinski definition) is 1. The SMILES string of the molecule is CSc1ccc(/C=N/Nc2ccc([N+](=O)[O-])cc2)cc1. The second-order valence-corrected chi connectivity index (χ2v) is 4.83. The van der Waals surface area contributed by atoms with Crippen LogP contribution in [0.1, 0.15) is 5.56 Å². The van der Waals surface area contributed by atoms with Crippen molar-refractivity contribution < 1.29 is 4.92 Å². The lowest BCUT2D eigenvalue weighted by atomic mass is 10.2. The first-order valence-corrected chi connectivity index (χ1v) is 7.09. The van der Waals surface area contributed by atoms with Crippen LogP contribution in [-0.4, -0.2) is 17.4 Å². The molecule has 5 nitrogen and oxygen atoms in total. The Morgan fingerprint density at radius 1 is 1.15 bits per heavy atom. The number of hydrazone groups is 1. The number of rotatable bonds is 5. The molecule has 0 fully saturated rings. The van der Waals surface area contributed by atoms with Gasteiger partial charge in [-0.3, -0.25) is 15.5 Å². The Labute approximate surface area is 120 Å². The second-order valence-electron chi connectivity index (χ2n) is 3.95. The number of benzene rings is 2. The van der Waals surface area contributed by atoms with Crippen LogP contribution >= 0.6 is 11.8 Å². The highest BCUT2D eigenvalue weighted by Gasteiger charge is 2.02. The second kappa shape index (κ2) is 6.72. The van der Waals surface area contributed by atoms with E-state index in [9.17, 15) is 10.1 Å². The van der Waals surface area contributed by atoms with E-state index < -0.39 is 4.92 Å². The molecule has 0 aliphatic rings. The zero-order chi connectivity index (χ0) is 14.4. The highest BCUT2D eigenvalue weighted by atomic mass is 32.2. The number of non-ortho nitro benzene ring substituents is 1. The van der Waals surface area contributed by atoms with Crippen molar-refractivity contribution in [3.8, 4) is 0 Å². The fraction of sp³-hybridized carbons (Fsp3) is 0.0714.